The molecule has 14 heteroatoms. The lowest BCUT2D eigenvalue weighted by Crippen LogP contribution is -2.60. The Kier molecular flexibility index (Phi) is 9.31. The Morgan fingerprint density at radius 1 is 1.10 bits per heavy atom. The monoisotopic (exact) mass is 837 g/mol. The van der Waals surface area contributed by atoms with Crippen molar-refractivity contribution in [2.24, 2.45) is 0 Å². The van der Waals surface area contributed by atoms with Gasteiger partial charge in [0, 0.05) is 78.6 Å². The van der Waals surface area contributed by atoms with Crippen molar-refractivity contribution in [1.29, 1.82) is 0 Å². The van der Waals surface area contributed by atoms with Gasteiger partial charge < -0.3 is 34.7 Å². The van der Waals surface area contributed by atoms with Crippen molar-refractivity contribution < 1.29 is 32.6 Å². The van der Waals surface area contributed by atoms with Crippen molar-refractivity contribution in [2.75, 3.05) is 37.7 Å². The van der Waals surface area contributed by atoms with Gasteiger partial charge in [-0.25, -0.2) is 13.6 Å². The highest BCUT2D eigenvalue weighted by molar-refractivity contribution is 6.06. The Hall–Kier alpha value is -6.30. The largest absolute Gasteiger partial charge is 0.491 e. The number of amides is 1. The number of halogens is 2. The average Bonchev–Trinajstić information content (AvgIpc) is 4.02. The number of aromatic nitrogens is 3. The number of carbonyl (C=O) groups is 2. The third-order valence-electron chi connectivity index (χ3n) is 13.7. The number of fused-ring (bicyclic) bond motifs is 8. The second-order valence-corrected chi connectivity index (χ2v) is 17.5. The first kappa shape index (κ1) is 38.6. The maximum Gasteiger partial charge on any atom is 0.334 e. The molecule has 4 fully saturated rings. The zero-order valence-electron chi connectivity index (χ0n) is 34.2. The van der Waals surface area contributed by atoms with Crippen LogP contribution in [0.2, 0.25) is 0 Å². The van der Waals surface area contributed by atoms with Crippen molar-refractivity contribution in [2.45, 2.75) is 81.3 Å². The van der Waals surface area contributed by atoms with Crippen molar-refractivity contribution >= 4 is 50.3 Å². The summed E-state index contributed by atoms with van der Waals surface area (Å²) in [5, 5.41) is 9.02. The molecule has 0 spiro atoms. The number of hydrogen-bond donors (Lipinski definition) is 3. The lowest BCUT2D eigenvalue weighted by Gasteiger charge is -2.40. The van der Waals surface area contributed by atoms with Gasteiger partial charge in [0.15, 0.2) is 5.82 Å². The summed E-state index contributed by atoms with van der Waals surface area (Å²) in [6.07, 6.45) is 11.2. The van der Waals surface area contributed by atoms with E-state index in [1.54, 1.807) is 30.3 Å². The van der Waals surface area contributed by atoms with Gasteiger partial charge in [-0.1, -0.05) is 36.3 Å². The van der Waals surface area contributed by atoms with E-state index in [1.807, 2.05) is 36.5 Å². The van der Waals surface area contributed by atoms with Crippen molar-refractivity contribution in [3.8, 4) is 41.0 Å². The van der Waals surface area contributed by atoms with Crippen LogP contribution < -0.4 is 29.7 Å². The SMILES string of the molecule is C#Cc1cccc2cc(OC(=O)[C@H](Cc3c[nH]c4ccccc34)NC(C)=O)cc(-c3cc4c5c(nc(OC[C@@]67CCCN6C[C@H](F)C7)nc5c3F)N3C[C@H]5CC[C@H](N5)[C@H]3CO4)c12. The van der Waals surface area contributed by atoms with E-state index >= 15 is 4.39 Å². The topological polar surface area (TPSA) is 134 Å². The third kappa shape index (κ3) is 6.48. The smallest absolute Gasteiger partial charge is 0.334 e. The number of nitrogens with zero attached hydrogens (tertiary/aromatic N) is 4. The van der Waals surface area contributed by atoms with Gasteiger partial charge in [0.05, 0.1) is 17.0 Å². The molecule has 3 N–H and O–H groups in total. The summed E-state index contributed by atoms with van der Waals surface area (Å²) < 4.78 is 51.8. The lowest BCUT2D eigenvalue weighted by molar-refractivity contribution is -0.139. The third-order valence-corrected chi connectivity index (χ3v) is 13.7. The fourth-order valence-electron chi connectivity index (χ4n) is 10.9. The van der Waals surface area contributed by atoms with E-state index < -0.39 is 35.4 Å². The predicted molar refractivity (Wildman–Crippen MR) is 231 cm³/mol. The Morgan fingerprint density at radius 2 is 1.98 bits per heavy atom. The minimum atomic E-state index is -1.03. The summed E-state index contributed by atoms with van der Waals surface area (Å²) >= 11 is 0. The van der Waals surface area contributed by atoms with Crippen LogP contribution in [0.5, 0.6) is 17.5 Å². The van der Waals surface area contributed by atoms with E-state index in [9.17, 15) is 14.0 Å². The number of carbonyl (C=O) groups excluding carboxylic acids is 2. The molecule has 12 nitrogen and oxygen atoms in total. The molecule has 62 heavy (non-hydrogen) atoms. The van der Waals surface area contributed by atoms with E-state index in [0.29, 0.717) is 65.0 Å². The Morgan fingerprint density at radius 3 is 2.85 bits per heavy atom. The highest BCUT2D eigenvalue weighted by atomic mass is 19.1. The van der Waals surface area contributed by atoms with Crippen LogP contribution in [0.3, 0.4) is 0 Å². The summed E-state index contributed by atoms with van der Waals surface area (Å²) in [4.78, 5) is 43.9. The molecular formula is C48H45F2N7O5. The molecule has 4 aromatic carbocycles. The summed E-state index contributed by atoms with van der Waals surface area (Å²) in [6.45, 7) is 3.68. The lowest BCUT2D eigenvalue weighted by atomic mass is 9.93. The fourth-order valence-corrected chi connectivity index (χ4v) is 10.9. The quantitative estimate of drug-likeness (QED) is 0.0859. The van der Waals surface area contributed by atoms with Crippen LogP contribution in [0.15, 0.2) is 66.9 Å². The number of rotatable bonds is 9. The average molecular weight is 838 g/mol. The van der Waals surface area contributed by atoms with E-state index in [2.05, 4.69) is 31.3 Å². The first-order valence-corrected chi connectivity index (χ1v) is 21.4. The normalized spacial score (nSPS) is 24.3. The Bertz CT molecular complexity index is 2860. The second-order valence-electron chi connectivity index (χ2n) is 17.5. The maximum absolute atomic E-state index is 17.9. The molecule has 4 saturated heterocycles. The van der Waals surface area contributed by atoms with E-state index in [4.69, 9.17) is 30.6 Å². The molecule has 316 valence electrons. The van der Waals surface area contributed by atoms with Crippen LogP contribution in [0.4, 0.5) is 14.6 Å². The van der Waals surface area contributed by atoms with Gasteiger partial charge in [-0.2, -0.15) is 9.97 Å². The zero-order valence-corrected chi connectivity index (χ0v) is 34.2. The maximum atomic E-state index is 17.9. The molecule has 0 radical (unpaired) electrons. The van der Waals surface area contributed by atoms with Gasteiger partial charge in [-0.3, -0.25) is 9.69 Å². The number of nitrogens with one attached hydrogen (secondary N) is 3. The van der Waals surface area contributed by atoms with Crippen LogP contribution in [-0.2, 0) is 16.0 Å². The minimum absolute atomic E-state index is 0.0118. The number of aromatic amines is 1. The molecule has 11 rings (SSSR count). The van der Waals surface area contributed by atoms with Crippen LogP contribution in [0, 0.1) is 18.2 Å². The number of anilines is 1. The van der Waals surface area contributed by atoms with Gasteiger partial charge in [0.1, 0.15) is 48.3 Å². The van der Waals surface area contributed by atoms with Crippen LogP contribution >= 0.6 is 0 Å². The highest BCUT2D eigenvalue weighted by Crippen LogP contribution is 2.47. The van der Waals surface area contributed by atoms with Crippen molar-refractivity contribution in [3.63, 3.8) is 0 Å². The van der Waals surface area contributed by atoms with Crippen molar-refractivity contribution in [1.82, 2.24) is 30.5 Å². The highest BCUT2D eigenvalue weighted by Gasteiger charge is 2.50. The molecule has 0 saturated carbocycles. The van der Waals surface area contributed by atoms with Crippen LogP contribution in [0.1, 0.15) is 50.2 Å². The summed E-state index contributed by atoms with van der Waals surface area (Å²) in [7, 11) is 0. The number of piperazine rings is 1. The van der Waals surface area contributed by atoms with Crippen LogP contribution in [-0.4, -0.2) is 100 Å². The summed E-state index contributed by atoms with van der Waals surface area (Å²) in [5.74, 6) is 2.07. The molecule has 0 unspecified atom stereocenters. The number of benzene rings is 4. The van der Waals surface area contributed by atoms with Crippen LogP contribution in [0.25, 0.3) is 43.7 Å². The van der Waals surface area contributed by atoms with Gasteiger partial charge >= 0.3 is 12.0 Å². The molecule has 6 atom stereocenters. The first-order valence-electron chi connectivity index (χ1n) is 21.4. The van der Waals surface area contributed by atoms with E-state index in [0.717, 1.165) is 48.7 Å². The Labute approximate surface area is 356 Å². The molecule has 7 heterocycles. The molecule has 1 amide bonds. The number of terminal acetylenes is 1. The standard InChI is InChI=1S/C48H45F2N7O5/c1-3-27-8-6-9-28-16-32(62-46(59)38(52-26(2)58)17-29-21-51-36-11-5-4-10-33(29)36)18-34(41(27)28)35-19-40-42-44(43(35)50)54-47(61-25-48-14-7-15-56(48)22-30(49)20-48)55-45(42)57-23-31-12-13-37(53-31)39(57)24-60-40/h1,4-6,8-11,16,18-19,21,30-31,37-39,51,53H,7,12-15,17,20,22-25H2,2H3,(H,52,58)/t30-,31-,37+,38+,39-,48+/m1/s1. The number of ether oxygens (including phenoxy) is 3. The minimum Gasteiger partial charge on any atom is -0.491 e. The fraction of sp³-hybridized carbons (Fsp3) is 0.375. The van der Waals surface area contributed by atoms with E-state index in [1.165, 1.54) is 6.92 Å². The van der Waals surface area contributed by atoms with Gasteiger partial charge in [-0.05, 0) is 79.1 Å². The first-order chi connectivity index (χ1) is 30.1. The molecular weight excluding hydrogens is 793 g/mol. The molecule has 6 aromatic rings. The van der Waals surface area contributed by atoms with E-state index in [-0.39, 0.29) is 54.0 Å². The zero-order chi connectivity index (χ0) is 42.3. The summed E-state index contributed by atoms with van der Waals surface area (Å²) in [5.41, 5.74) is 2.27. The number of H-pyrrole nitrogens is 1. The number of hydrogen-bond acceptors (Lipinski definition) is 10. The number of esters is 1. The van der Waals surface area contributed by atoms with Crippen molar-refractivity contribution in [3.05, 3.63) is 83.8 Å². The van der Waals surface area contributed by atoms with Gasteiger partial charge in [0.2, 0.25) is 5.91 Å². The molecule has 0 aliphatic carbocycles. The Balaban J connectivity index is 1.03. The van der Waals surface area contributed by atoms with Gasteiger partial charge in [0.25, 0.3) is 0 Å². The molecule has 5 aliphatic rings. The second kappa shape index (κ2) is 15.0. The molecule has 2 bridgehead atoms. The molecule has 5 aliphatic heterocycles. The predicted octanol–water partition coefficient (Wildman–Crippen LogP) is 6.36. The number of alkyl halides is 1. The number of para-hydroxylation sites is 1. The van der Waals surface area contributed by atoms with Gasteiger partial charge in [-0.15, -0.1) is 6.42 Å². The summed E-state index contributed by atoms with van der Waals surface area (Å²) in [6, 6.07) is 17.3. The molecule has 2 aromatic heterocycles.